The molecule has 0 spiro atoms. The fourth-order valence-electron chi connectivity index (χ4n) is 1.65. The van der Waals surface area contributed by atoms with Crippen molar-refractivity contribution < 1.29 is 19.4 Å². The molecule has 2 rings (SSSR count). The van der Waals surface area contributed by atoms with Gasteiger partial charge in [0.2, 0.25) is 5.88 Å². The predicted molar refractivity (Wildman–Crippen MR) is 60.0 cm³/mol. The Hall–Kier alpha value is -2.30. The first-order valence-corrected chi connectivity index (χ1v) is 5.17. The number of carboxylic acids is 1. The van der Waals surface area contributed by atoms with Crippen molar-refractivity contribution in [1.29, 1.82) is 0 Å². The molecule has 0 bridgehead atoms. The molecule has 0 aromatic carbocycles. The van der Waals surface area contributed by atoms with Crippen molar-refractivity contribution in [3.63, 3.8) is 0 Å². The van der Waals surface area contributed by atoms with Gasteiger partial charge in [-0.1, -0.05) is 13.0 Å². The summed E-state index contributed by atoms with van der Waals surface area (Å²) in [5.41, 5.74) is 1.66. The van der Waals surface area contributed by atoms with Crippen LogP contribution >= 0.6 is 0 Å². The van der Waals surface area contributed by atoms with Crippen LogP contribution in [0.4, 0.5) is 0 Å². The van der Waals surface area contributed by atoms with Gasteiger partial charge in [-0.25, -0.2) is 9.59 Å². The summed E-state index contributed by atoms with van der Waals surface area (Å²) in [6.07, 6.45) is 2.38. The first kappa shape index (κ1) is 11.2. The second-order valence-electron chi connectivity index (χ2n) is 3.52. The van der Waals surface area contributed by atoms with Crippen LogP contribution in [0, 0.1) is 0 Å². The summed E-state index contributed by atoms with van der Waals surface area (Å²) in [6.45, 7) is 1.91. The van der Waals surface area contributed by atoms with E-state index in [0.29, 0.717) is 6.42 Å². The Morgan fingerprint density at radius 3 is 2.82 bits per heavy atom. The Morgan fingerprint density at radius 1 is 1.41 bits per heavy atom. The molecule has 0 radical (unpaired) electrons. The van der Waals surface area contributed by atoms with E-state index >= 15 is 0 Å². The lowest BCUT2D eigenvalue weighted by Gasteiger charge is -2.04. The zero-order chi connectivity index (χ0) is 12.4. The topological polar surface area (TPSA) is 68.0 Å². The van der Waals surface area contributed by atoms with E-state index in [1.165, 1.54) is 0 Å². The van der Waals surface area contributed by atoms with E-state index in [1.54, 1.807) is 16.7 Å². The molecule has 0 atom stereocenters. The number of ether oxygens (including phenoxy) is 1. The van der Waals surface area contributed by atoms with E-state index in [0.717, 1.165) is 11.1 Å². The van der Waals surface area contributed by atoms with Crippen molar-refractivity contribution in [1.82, 2.24) is 4.40 Å². The fraction of sp³-hybridized carbons (Fsp3) is 0.167. The van der Waals surface area contributed by atoms with Crippen molar-refractivity contribution in [2.45, 2.75) is 13.3 Å². The fourth-order valence-corrected chi connectivity index (χ4v) is 1.65. The molecule has 0 saturated carbocycles. The van der Waals surface area contributed by atoms with Crippen molar-refractivity contribution in [3.8, 4) is 5.88 Å². The van der Waals surface area contributed by atoms with Crippen LogP contribution in [-0.2, 0) is 16.0 Å². The number of rotatable bonds is 2. The zero-order valence-electron chi connectivity index (χ0n) is 9.21. The van der Waals surface area contributed by atoms with E-state index in [2.05, 4.69) is 0 Å². The van der Waals surface area contributed by atoms with Gasteiger partial charge in [-0.15, -0.1) is 0 Å². The molecular formula is C12H11NO4. The maximum Gasteiger partial charge on any atom is 0.423 e. The summed E-state index contributed by atoms with van der Waals surface area (Å²) in [4.78, 5) is 21.6. The maximum atomic E-state index is 11.1. The van der Waals surface area contributed by atoms with E-state index < -0.39 is 11.9 Å². The van der Waals surface area contributed by atoms with Crippen molar-refractivity contribution in [2.75, 3.05) is 0 Å². The Kier molecular flexibility index (Phi) is 2.82. The van der Waals surface area contributed by atoms with Gasteiger partial charge in [-0.2, -0.15) is 0 Å². The number of aryl methyl sites for hydroxylation is 1. The third-order valence-corrected chi connectivity index (χ3v) is 2.45. The van der Waals surface area contributed by atoms with Crippen LogP contribution in [0.3, 0.4) is 0 Å². The van der Waals surface area contributed by atoms with E-state index in [1.807, 2.05) is 25.1 Å². The third kappa shape index (κ3) is 1.99. The largest absolute Gasteiger partial charge is 0.473 e. The lowest BCUT2D eigenvalue weighted by molar-refractivity contribution is -0.158. The highest BCUT2D eigenvalue weighted by atomic mass is 16.6. The van der Waals surface area contributed by atoms with Gasteiger partial charge >= 0.3 is 11.9 Å². The molecule has 0 aliphatic heterocycles. The summed E-state index contributed by atoms with van der Waals surface area (Å²) in [6, 6.07) is 7.36. The summed E-state index contributed by atoms with van der Waals surface area (Å²) < 4.78 is 6.53. The molecule has 5 nitrogen and oxygen atoms in total. The average Bonchev–Trinajstić information content (AvgIpc) is 2.67. The van der Waals surface area contributed by atoms with Crippen LogP contribution in [-0.4, -0.2) is 21.4 Å². The molecule has 0 amide bonds. The molecule has 0 aliphatic carbocycles. The number of carbonyl (C=O) groups is 2. The van der Waals surface area contributed by atoms with Crippen molar-refractivity contribution in [2.24, 2.45) is 0 Å². The van der Waals surface area contributed by atoms with Gasteiger partial charge in [0.05, 0.1) is 0 Å². The maximum absolute atomic E-state index is 11.1. The minimum Gasteiger partial charge on any atom is -0.473 e. The van der Waals surface area contributed by atoms with Crippen LogP contribution in [0.5, 0.6) is 5.88 Å². The Bertz CT molecular complexity index is 585. The van der Waals surface area contributed by atoms with Gasteiger partial charge in [0.1, 0.15) is 0 Å². The monoisotopic (exact) mass is 233 g/mol. The van der Waals surface area contributed by atoms with Gasteiger partial charge < -0.3 is 9.84 Å². The predicted octanol–water partition coefficient (Wildman–Crippen LogP) is 1.49. The molecular weight excluding hydrogens is 222 g/mol. The molecule has 5 heteroatoms. The Morgan fingerprint density at radius 2 is 2.18 bits per heavy atom. The van der Waals surface area contributed by atoms with Gasteiger partial charge in [-0.05, 0) is 24.6 Å². The van der Waals surface area contributed by atoms with E-state index in [-0.39, 0.29) is 5.88 Å². The van der Waals surface area contributed by atoms with Crippen molar-refractivity contribution >= 4 is 17.5 Å². The number of hydrogen-bond donors (Lipinski definition) is 1. The zero-order valence-corrected chi connectivity index (χ0v) is 9.21. The first-order valence-electron chi connectivity index (χ1n) is 5.17. The minimum atomic E-state index is -1.60. The molecule has 2 aromatic heterocycles. The molecule has 0 fully saturated rings. The number of carboxylic acid groups (broad SMARTS) is 1. The molecule has 0 saturated heterocycles. The van der Waals surface area contributed by atoms with E-state index in [9.17, 15) is 9.59 Å². The Labute approximate surface area is 97.2 Å². The molecule has 2 aromatic rings. The van der Waals surface area contributed by atoms with Gasteiger partial charge in [0.15, 0.2) is 0 Å². The third-order valence-electron chi connectivity index (χ3n) is 2.45. The number of aromatic nitrogens is 1. The minimum absolute atomic E-state index is 0.274. The van der Waals surface area contributed by atoms with Crippen LogP contribution in [0.1, 0.15) is 12.5 Å². The molecule has 0 unspecified atom stereocenters. The van der Waals surface area contributed by atoms with Crippen LogP contribution in [0.25, 0.3) is 5.52 Å². The second kappa shape index (κ2) is 4.29. The molecule has 2 heterocycles. The standard InChI is InChI=1S/C12H11NO4/c1-2-8-7-9-5-3-4-6-13(9)10(8)17-12(16)11(14)15/h3-7H,2H2,1H3,(H,14,15). The smallest absolute Gasteiger partial charge is 0.423 e. The number of fused-ring (bicyclic) bond motifs is 1. The SMILES string of the molecule is CCc1cc2ccccn2c1OC(=O)C(=O)O. The number of hydrogen-bond acceptors (Lipinski definition) is 3. The first-order chi connectivity index (χ1) is 8.13. The van der Waals surface area contributed by atoms with Crippen molar-refractivity contribution in [3.05, 3.63) is 36.0 Å². The Balaban J connectivity index is 2.50. The van der Waals surface area contributed by atoms with Gasteiger partial charge in [0.25, 0.3) is 0 Å². The number of esters is 1. The van der Waals surface area contributed by atoms with Gasteiger partial charge in [-0.3, -0.25) is 4.40 Å². The molecule has 0 aliphatic rings. The lowest BCUT2D eigenvalue weighted by atomic mass is 10.2. The number of aliphatic carboxylic acids is 1. The normalized spacial score (nSPS) is 10.4. The number of carbonyl (C=O) groups excluding carboxylic acids is 1. The van der Waals surface area contributed by atoms with E-state index in [4.69, 9.17) is 9.84 Å². The van der Waals surface area contributed by atoms with Crippen LogP contribution < -0.4 is 4.74 Å². The average molecular weight is 233 g/mol. The molecule has 1 N–H and O–H groups in total. The molecule has 88 valence electrons. The summed E-state index contributed by atoms with van der Waals surface area (Å²) in [7, 11) is 0. The number of nitrogens with zero attached hydrogens (tertiary/aromatic N) is 1. The van der Waals surface area contributed by atoms with Crippen LogP contribution in [0.2, 0.25) is 0 Å². The highest BCUT2D eigenvalue weighted by Gasteiger charge is 2.19. The highest BCUT2D eigenvalue weighted by Crippen LogP contribution is 2.24. The molecule has 17 heavy (non-hydrogen) atoms. The number of pyridine rings is 1. The van der Waals surface area contributed by atoms with Crippen LogP contribution in [0.15, 0.2) is 30.5 Å². The summed E-state index contributed by atoms with van der Waals surface area (Å²) in [5, 5.41) is 8.53. The quantitative estimate of drug-likeness (QED) is 0.630. The summed E-state index contributed by atoms with van der Waals surface area (Å²) in [5.74, 6) is -2.60. The summed E-state index contributed by atoms with van der Waals surface area (Å²) >= 11 is 0. The highest BCUT2D eigenvalue weighted by molar-refractivity contribution is 6.29. The lowest BCUT2D eigenvalue weighted by Crippen LogP contribution is -2.20. The second-order valence-corrected chi connectivity index (χ2v) is 3.52. The van der Waals surface area contributed by atoms with Gasteiger partial charge in [0, 0.05) is 17.3 Å².